The molecule has 0 spiro atoms. The fourth-order valence-electron chi connectivity index (χ4n) is 5.00. The fraction of sp³-hybridized carbons (Fsp3) is 0.706. The Bertz CT molecular complexity index is 965. The Balaban J connectivity index is 1.94. The van der Waals surface area contributed by atoms with Crippen molar-refractivity contribution in [2.45, 2.75) is 123 Å². The molecule has 1 aromatic heterocycles. The summed E-state index contributed by atoms with van der Waals surface area (Å²) < 4.78 is 33.7. The van der Waals surface area contributed by atoms with Crippen LogP contribution in [0.2, 0.25) is 4.34 Å². The van der Waals surface area contributed by atoms with E-state index in [1.165, 1.54) is 11.1 Å². The van der Waals surface area contributed by atoms with Gasteiger partial charge in [-0.05, 0) is 56.2 Å². The standard InChI is InChI=1S/C34H53ClO5S/c1-6-10-18-36-24-28-30(37-19-11-7-2)32(38-20-12-8-3)33(39-21-13-9-4)31(40-28)29-23-27(34(35)41-29)22-26-16-14-25(5)15-17-26/h14-17,23,28,30-33H,6-13,18-22,24H2,1-5H3/t28-,30-,31+,32+,33+/m1/s1. The Morgan fingerprint density at radius 1 is 0.756 bits per heavy atom. The van der Waals surface area contributed by atoms with Crippen LogP contribution in [0.3, 0.4) is 0 Å². The van der Waals surface area contributed by atoms with Crippen molar-refractivity contribution < 1.29 is 23.7 Å². The Morgan fingerprint density at radius 2 is 1.32 bits per heavy atom. The Hall–Kier alpha value is -0.990. The minimum Gasteiger partial charge on any atom is -0.379 e. The molecule has 1 aliphatic rings. The number of thiophene rings is 1. The molecule has 0 N–H and O–H groups in total. The van der Waals surface area contributed by atoms with E-state index in [-0.39, 0.29) is 30.5 Å². The summed E-state index contributed by atoms with van der Waals surface area (Å²) in [4.78, 5) is 1.08. The minimum absolute atomic E-state index is 0.254. The Labute approximate surface area is 258 Å². The van der Waals surface area contributed by atoms with Gasteiger partial charge < -0.3 is 23.7 Å². The molecule has 1 saturated heterocycles. The van der Waals surface area contributed by atoms with Crippen molar-refractivity contribution in [3.05, 3.63) is 56.2 Å². The van der Waals surface area contributed by atoms with Gasteiger partial charge >= 0.3 is 0 Å². The lowest BCUT2D eigenvalue weighted by molar-refractivity contribution is -0.267. The lowest BCUT2D eigenvalue weighted by Crippen LogP contribution is -2.58. The largest absolute Gasteiger partial charge is 0.379 e. The predicted molar refractivity (Wildman–Crippen MR) is 171 cm³/mol. The van der Waals surface area contributed by atoms with Gasteiger partial charge in [-0.25, -0.2) is 0 Å². The number of hydrogen-bond donors (Lipinski definition) is 0. The smallest absolute Gasteiger partial charge is 0.121 e. The number of halogens is 1. The van der Waals surface area contributed by atoms with Gasteiger partial charge in [0.25, 0.3) is 0 Å². The van der Waals surface area contributed by atoms with E-state index in [0.29, 0.717) is 33.0 Å². The van der Waals surface area contributed by atoms with Crippen molar-refractivity contribution in [1.82, 2.24) is 0 Å². The first-order chi connectivity index (χ1) is 20.0. The number of benzene rings is 1. The van der Waals surface area contributed by atoms with Gasteiger partial charge in [-0.3, -0.25) is 0 Å². The summed E-state index contributed by atoms with van der Waals surface area (Å²) in [6.07, 6.45) is 7.72. The van der Waals surface area contributed by atoms with Gasteiger partial charge in [0.1, 0.15) is 30.5 Å². The summed E-state index contributed by atoms with van der Waals surface area (Å²) in [6, 6.07) is 10.9. The van der Waals surface area contributed by atoms with Crippen LogP contribution in [0.25, 0.3) is 0 Å². The second kappa shape index (κ2) is 19.3. The van der Waals surface area contributed by atoms with Gasteiger partial charge in [-0.15, -0.1) is 11.3 Å². The molecule has 5 nitrogen and oxygen atoms in total. The Morgan fingerprint density at radius 3 is 1.93 bits per heavy atom. The number of ether oxygens (including phenoxy) is 5. The zero-order chi connectivity index (χ0) is 29.5. The fourth-order valence-corrected chi connectivity index (χ4v) is 6.37. The molecule has 0 unspecified atom stereocenters. The molecule has 0 amide bonds. The first kappa shape index (κ1) is 34.5. The summed E-state index contributed by atoms with van der Waals surface area (Å²) in [5.41, 5.74) is 3.62. The number of aryl methyl sites for hydroxylation is 1. The molecule has 1 fully saturated rings. The lowest BCUT2D eigenvalue weighted by atomic mass is 9.93. The second-order valence-corrected chi connectivity index (χ2v) is 12.9. The molecular weight excluding hydrogens is 556 g/mol. The monoisotopic (exact) mass is 608 g/mol. The van der Waals surface area contributed by atoms with Crippen molar-refractivity contribution in [2.75, 3.05) is 33.0 Å². The van der Waals surface area contributed by atoms with Crippen LogP contribution in [-0.4, -0.2) is 57.5 Å². The summed E-state index contributed by atoms with van der Waals surface area (Å²) in [6.45, 7) is 14.0. The molecule has 5 atom stereocenters. The third-order valence-electron chi connectivity index (χ3n) is 7.55. The highest BCUT2D eigenvalue weighted by Gasteiger charge is 2.49. The maximum atomic E-state index is 6.91. The van der Waals surface area contributed by atoms with E-state index in [1.807, 2.05) is 0 Å². The summed E-state index contributed by atoms with van der Waals surface area (Å²) >= 11 is 8.46. The van der Waals surface area contributed by atoms with Crippen LogP contribution in [0, 0.1) is 6.92 Å². The zero-order valence-electron chi connectivity index (χ0n) is 26.0. The molecule has 41 heavy (non-hydrogen) atoms. The number of hydrogen-bond acceptors (Lipinski definition) is 6. The van der Waals surface area contributed by atoms with E-state index in [2.05, 4.69) is 65.0 Å². The molecule has 7 heteroatoms. The molecule has 232 valence electrons. The van der Waals surface area contributed by atoms with Crippen molar-refractivity contribution in [3.63, 3.8) is 0 Å². The molecule has 0 radical (unpaired) electrons. The summed E-state index contributed by atoms with van der Waals surface area (Å²) in [7, 11) is 0. The molecule has 0 aliphatic carbocycles. The summed E-state index contributed by atoms with van der Waals surface area (Å²) in [5.74, 6) is 0. The third kappa shape index (κ3) is 10.9. The normalized spacial score (nSPS) is 22.8. The van der Waals surface area contributed by atoms with Crippen molar-refractivity contribution in [2.24, 2.45) is 0 Å². The molecular formula is C34H53ClO5S. The van der Waals surface area contributed by atoms with Gasteiger partial charge in [-0.1, -0.05) is 94.8 Å². The number of rotatable bonds is 20. The highest BCUT2D eigenvalue weighted by molar-refractivity contribution is 7.16. The van der Waals surface area contributed by atoms with Crippen LogP contribution >= 0.6 is 22.9 Å². The highest BCUT2D eigenvalue weighted by Crippen LogP contribution is 2.42. The van der Waals surface area contributed by atoms with Gasteiger partial charge in [0.2, 0.25) is 0 Å². The topological polar surface area (TPSA) is 46.2 Å². The zero-order valence-corrected chi connectivity index (χ0v) is 27.6. The van der Waals surface area contributed by atoms with E-state index in [9.17, 15) is 0 Å². The maximum Gasteiger partial charge on any atom is 0.121 e. The molecule has 1 aromatic carbocycles. The highest BCUT2D eigenvalue weighted by atomic mass is 35.5. The van der Waals surface area contributed by atoms with Gasteiger partial charge in [0.15, 0.2) is 0 Å². The number of unbranched alkanes of at least 4 members (excludes halogenated alkanes) is 4. The van der Waals surface area contributed by atoms with Gasteiger partial charge in [-0.2, -0.15) is 0 Å². The minimum atomic E-state index is -0.307. The molecule has 1 aliphatic heterocycles. The van der Waals surface area contributed by atoms with E-state index in [4.69, 9.17) is 35.3 Å². The first-order valence-electron chi connectivity index (χ1n) is 15.9. The lowest BCUT2D eigenvalue weighted by Gasteiger charge is -2.46. The van der Waals surface area contributed by atoms with Crippen LogP contribution in [0.1, 0.15) is 107 Å². The van der Waals surface area contributed by atoms with Crippen LogP contribution in [0.4, 0.5) is 0 Å². The van der Waals surface area contributed by atoms with Crippen molar-refractivity contribution in [3.8, 4) is 0 Å². The van der Waals surface area contributed by atoms with Crippen LogP contribution < -0.4 is 0 Å². The maximum absolute atomic E-state index is 6.91. The van der Waals surface area contributed by atoms with Gasteiger partial charge in [0, 0.05) is 31.3 Å². The SMILES string of the molecule is CCCCOC[C@H]1O[C@@H](c2cc(Cc3ccc(C)cc3)c(Cl)s2)[C@H](OCCCC)[C@@H](OCCCC)[C@@H]1OCCCC. The average Bonchev–Trinajstić information content (AvgIpc) is 3.33. The van der Waals surface area contributed by atoms with Crippen molar-refractivity contribution in [1.29, 1.82) is 0 Å². The van der Waals surface area contributed by atoms with Crippen molar-refractivity contribution >= 4 is 22.9 Å². The predicted octanol–water partition coefficient (Wildman–Crippen LogP) is 9.11. The molecule has 2 heterocycles. The second-order valence-electron chi connectivity index (χ2n) is 11.2. The molecule has 0 saturated carbocycles. The average molecular weight is 609 g/mol. The van der Waals surface area contributed by atoms with Crippen LogP contribution in [0.5, 0.6) is 0 Å². The van der Waals surface area contributed by atoms with E-state index in [1.54, 1.807) is 11.3 Å². The summed E-state index contributed by atoms with van der Waals surface area (Å²) in [5, 5.41) is 0. The van der Waals surface area contributed by atoms with Gasteiger partial charge in [0.05, 0.1) is 10.9 Å². The molecule has 0 bridgehead atoms. The third-order valence-corrected chi connectivity index (χ3v) is 9.06. The Kier molecular flexibility index (Phi) is 16.3. The molecule has 3 rings (SSSR count). The van der Waals surface area contributed by atoms with E-state index in [0.717, 1.165) is 72.6 Å². The van der Waals surface area contributed by atoms with E-state index >= 15 is 0 Å². The molecule has 2 aromatic rings. The van der Waals surface area contributed by atoms with E-state index < -0.39 is 0 Å². The first-order valence-corrected chi connectivity index (χ1v) is 17.1. The van der Waals surface area contributed by atoms with Crippen LogP contribution in [0.15, 0.2) is 30.3 Å². The quantitative estimate of drug-likeness (QED) is 0.140. The van der Waals surface area contributed by atoms with Crippen LogP contribution in [-0.2, 0) is 30.1 Å².